The number of halogens is 1. The number of imide groups is 1. The van der Waals surface area contributed by atoms with Crippen molar-refractivity contribution in [1.29, 1.82) is 0 Å². The average Bonchev–Trinajstić information content (AvgIpc) is 3.16. The number of hydrogen-bond acceptors (Lipinski definition) is 8. The topological polar surface area (TPSA) is 102 Å². The minimum absolute atomic E-state index is 0.0185. The third-order valence-electron chi connectivity index (χ3n) is 6.37. The molecule has 0 radical (unpaired) electrons. The minimum atomic E-state index is -0.600. The Labute approximate surface area is 225 Å². The fourth-order valence-corrected chi connectivity index (χ4v) is 4.73. The molecule has 0 atom stereocenters. The molecule has 2 heterocycles. The highest BCUT2D eigenvalue weighted by molar-refractivity contribution is 6.33. The lowest BCUT2D eigenvalue weighted by Crippen LogP contribution is -2.36. The number of hydrogen-bond donors (Lipinski definition) is 0. The maximum atomic E-state index is 13.0. The molecule has 0 spiro atoms. The van der Waals surface area contributed by atoms with Crippen molar-refractivity contribution in [2.45, 2.75) is 20.3 Å². The summed E-state index contributed by atoms with van der Waals surface area (Å²) in [5.41, 5.74) is 2.72. The molecule has 2 aromatic rings. The number of fused-ring (bicyclic) bond motifs is 1. The van der Waals surface area contributed by atoms with E-state index in [0.29, 0.717) is 33.2 Å². The van der Waals surface area contributed by atoms with Gasteiger partial charge in [0.2, 0.25) is 0 Å². The molecule has 0 N–H and O–H groups in total. The molecule has 0 unspecified atom stereocenters. The Morgan fingerprint density at radius 3 is 2.18 bits per heavy atom. The summed E-state index contributed by atoms with van der Waals surface area (Å²) in [5.74, 6) is -1.93. The second-order valence-corrected chi connectivity index (χ2v) is 8.93. The van der Waals surface area contributed by atoms with Crippen LogP contribution >= 0.6 is 11.6 Å². The Bertz CT molecular complexity index is 1330. The molecule has 0 saturated heterocycles. The number of benzene rings is 2. The van der Waals surface area contributed by atoms with Crippen molar-refractivity contribution in [3.63, 3.8) is 0 Å². The summed E-state index contributed by atoms with van der Waals surface area (Å²) in [6.07, 6.45) is -0.0185. The molecule has 0 aliphatic carbocycles. The summed E-state index contributed by atoms with van der Waals surface area (Å²) in [7, 11) is 1.27. The van der Waals surface area contributed by atoms with Crippen LogP contribution in [0.15, 0.2) is 71.1 Å². The highest BCUT2D eigenvalue weighted by atomic mass is 35.5. The van der Waals surface area contributed by atoms with Gasteiger partial charge in [0.15, 0.2) is 0 Å². The summed E-state index contributed by atoms with van der Waals surface area (Å²) in [4.78, 5) is 53.8. The SMILES string of the molecule is CCOC(=O)C1=C(COCCN2C(=O)c3ccccc3C2=O)N(c2ccccc2Cl)C(C)=C(C(=O)OC)C1. The van der Waals surface area contributed by atoms with E-state index in [1.807, 2.05) is 0 Å². The van der Waals surface area contributed by atoms with Gasteiger partial charge in [0, 0.05) is 12.1 Å². The zero-order valence-electron chi connectivity index (χ0n) is 21.3. The number of esters is 2. The zero-order chi connectivity index (χ0) is 27.4. The maximum Gasteiger partial charge on any atom is 0.336 e. The van der Waals surface area contributed by atoms with Crippen LogP contribution in [0.3, 0.4) is 0 Å². The number of nitrogens with zero attached hydrogens (tertiary/aromatic N) is 2. The molecule has 198 valence electrons. The first-order valence-corrected chi connectivity index (χ1v) is 12.4. The molecule has 4 rings (SSSR count). The molecule has 10 heteroatoms. The molecule has 2 aliphatic heterocycles. The van der Waals surface area contributed by atoms with Gasteiger partial charge in [-0.2, -0.15) is 0 Å². The number of methoxy groups -OCH3 is 1. The van der Waals surface area contributed by atoms with Crippen LogP contribution in [0.4, 0.5) is 5.69 Å². The van der Waals surface area contributed by atoms with Gasteiger partial charge in [-0.3, -0.25) is 14.5 Å². The first-order chi connectivity index (χ1) is 18.3. The molecule has 9 nitrogen and oxygen atoms in total. The van der Waals surface area contributed by atoms with E-state index in [1.165, 1.54) is 7.11 Å². The lowest BCUT2D eigenvalue weighted by Gasteiger charge is -2.35. The first kappa shape index (κ1) is 27.1. The van der Waals surface area contributed by atoms with E-state index in [1.54, 1.807) is 67.3 Å². The summed E-state index contributed by atoms with van der Waals surface area (Å²) in [6.45, 7) is 3.54. The summed E-state index contributed by atoms with van der Waals surface area (Å²) in [6, 6.07) is 13.6. The third-order valence-corrected chi connectivity index (χ3v) is 6.69. The second-order valence-electron chi connectivity index (χ2n) is 8.52. The number of allylic oxidation sites excluding steroid dienone is 1. The Hall–Kier alpha value is -3.95. The molecule has 2 aromatic carbocycles. The van der Waals surface area contributed by atoms with E-state index in [4.69, 9.17) is 25.8 Å². The number of amides is 2. The minimum Gasteiger partial charge on any atom is -0.466 e. The molecule has 0 fully saturated rings. The predicted molar refractivity (Wildman–Crippen MR) is 140 cm³/mol. The summed E-state index contributed by atoms with van der Waals surface area (Å²) >= 11 is 6.52. The van der Waals surface area contributed by atoms with Gasteiger partial charge in [-0.05, 0) is 38.1 Å². The number of rotatable bonds is 9. The number of anilines is 1. The van der Waals surface area contributed by atoms with Gasteiger partial charge >= 0.3 is 11.9 Å². The van der Waals surface area contributed by atoms with Crippen molar-refractivity contribution < 1.29 is 33.4 Å². The summed E-state index contributed by atoms with van der Waals surface area (Å²) < 4.78 is 16.2. The Kier molecular flexibility index (Phi) is 8.29. The molecule has 0 bridgehead atoms. The van der Waals surface area contributed by atoms with Gasteiger partial charge in [0.25, 0.3) is 11.8 Å². The van der Waals surface area contributed by atoms with Crippen LogP contribution in [-0.2, 0) is 23.8 Å². The van der Waals surface area contributed by atoms with Crippen molar-refractivity contribution in [2.24, 2.45) is 0 Å². The van der Waals surface area contributed by atoms with Crippen LogP contribution in [0.2, 0.25) is 5.02 Å². The molecule has 0 aromatic heterocycles. The fourth-order valence-electron chi connectivity index (χ4n) is 4.51. The molecular formula is C28H27ClN2O7. The molecule has 38 heavy (non-hydrogen) atoms. The summed E-state index contributed by atoms with van der Waals surface area (Å²) in [5, 5.41) is 0.393. The zero-order valence-corrected chi connectivity index (χ0v) is 22.0. The number of carbonyl (C=O) groups excluding carboxylic acids is 4. The number of para-hydroxylation sites is 1. The highest BCUT2D eigenvalue weighted by Gasteiger charge is 2.36. The normalized spacial score (nSPS) is 15.3. The molecule has 2 amide bonds. The van der Waals surface area contributed by atoms with E-state index in [-0.39, 0.29) is 55.7 Å². The van der Waals surface area contributed by atoms with Crippen molar-refractivity contribution in [2.75, 3.05) is 38.4 Å². The molecule has 0 saturated carbocycles. The van der Waals surface area contributed by atoms with Crippen LogP contribution in [0.5, 0.6) is 0 Å². The van der Waals surface area contributed by atoms with Gasteiger partial charge in [-0.15, -0.1) is 0 Å². The van der Waals surface area contributed by atoms with Crippen molar-refractivity contribution in [1.82, 2.24) is 4.90 Å². The van der Waals surface area contributed by atoms with E-state index >= 15 is 0 Å². The molecular weight excluding hydrogens is 512 g/mol. The van der Waals surface area contributed by atoms with Crippen molar-refractivity contribution in [3.05, 3.63) is 87.2 Å². The third kappa shape index (κ3) is 5.07. The predicted octanol–water partition coefficient (Wildman–Crippen LogP) is 4.13. The van der Waals surface area contributed by atoms with Gasteiger partial charge in [0.05, 0.1) is 72.2 Å². The first-order valence-electron chi connectivity index (χ1n) is 12.0. The van der Waals surface area contributed by atoms with E-state index in [0.717, 1.165) is 4.90 Å². The van der Waals surface area contributed by atoms with Crippen molar-refractivity contribution >= 4 is 41.0 Å². The van der Waals surface area contributed by atoms with Crippen LogP contribution in [0.25, 0.3) is 0 Å². The molecule has 2 aliphatic rings. The lowest BCUT2D eigenvalue weighted by molar-refractivity contribution is -0.138. The van der Waals surface area contributed by atoms with Gasteiger partial charge in [-0.1, -0.05) is 35.9 Å². The van der Waals surface area contributed by atoms with Gasteiger partial charge < -0.3 is 19.1 Å². The number of ether oxygens (including phenoxy) is 3. The van der Waals surface area contributed by atoms with Gasteiger partial charge in [-0.25, -0.2) is 9.59 Å². The highest BCUT2D eigenvalue weighted by Crippen LogP contribution is 2.39. The maximum absolute atomic E-state index is 13.0. The quantitative estimate of drug-likeness (QED) is 0.267. The van der Waals surface area contributed by atoms with Gasteiger partial charge in [0.1, 0.15) is 0 Å². The average molecular weight is 539 g/mol. The van der Waals surface area contributed by atoms with Crippen LogP contribution in [0, 0.1) is 0 Å². The Morgan fingerprint density at radius 2 is 1.58 bits per heavy atom. The van der Waals surface area contributed by atoms with Crippen LogP contribution in [0.1, 0.15) is 41.0 Å². The van der Waals surface area contributed by atoms with Crippen LogP contribution in [-0.4, -0.2) is 62.1 Å². The van der Waals surface area contributed by atoms with Crippen molar-refractivity contribution in [3.8, 4) is 0 Å². The number of carbonyl (C=O) groups is 4. The van der Waals surface area contributed by atoms with Crippen LogP contribution < -0.4 is 4.90 Å². The Morgan fingerprint density at radius 1 is 0.947 bits per heavy atom. The fraction of sp³-hybridized carbons (Fsp3) is 0.286. The smallest absolute Gasteiger partial charge is 0.336 e. The second kappa shape index (κ2) is 11.6. The van der Waals surface area contributed by atoms with E-state index < -0.39 is 11.9 Å². The standard InChI is InChI=1S/C28H27ClN2O7/c1-4-38-28(35)21-15-20(27(34)36-3)17(2)31(23-12-8-7-11-22(23)29)24(21)16-37-14-13-30-25(32)18-9-5-6-10-19(18)26(30)33/h5-12H,4,13-16H2,1-3H3. The monoisotopic (exact) mass is 538 g/mol. The Balaban J connectivity index is 1.62. The lowest BCUT2D eigenvalue weighted by atomic mass is 9.95. The largest absolute Gasteiger partial charge is 0.466 e. The van der Waals surface area contributed by atoms with E-state index in [2.05, 4.69) is 0 Å². The van der Waals surface area contributed by atoms with E-state index in [9.17, 15) is 19.2 Å².